The van der Waals surface area contributed by atoms with Crippen LogP contribution in [0.25, 0.3) is 0 Å². The molecule has 2 aromatic rings. The molecule has 0 heterocycles. The average molecular weight is 274 g/mol. The monoisotopic (exact) mass is 274 g/mol. The number of carbonyl (C=O) groups is 1. The Morgan fingerprint density at radius 1 is 0.800 bits per heavy atom. The van der Waals surface area contributed by atoms with Crippen LogP contribution in [0.2, 0.25) is 0 Å². The SMILES string of the molecule is O=C(Cc1ccc(O)cc1)Cc1c(O)cc(O)cc1O. The first-order valence-corrected chi connectivity index (χ1v) is 5.99. The second-order valence-corrected chi connectivity index (χ2v) is 4.52. The molecule has 0 bridgehead atoms. The van der Waals surface area contributed by atoms with Gasteiger partial charge in [0.15, 0.2) is 0 Å². The third-order valence-electron chi connectivity index (χ3n) is 2.90. The Morgan fingerprint density at radius 2 is 1.35 bits per heavy atom. The molecule has 0 saturated heterocycles. The molecule has 0 atom stereocenters. The number of benzene rings is 2. The molecular weight excluding hydrogens is 260 g/mol. The number of carbonyl (C=O) groups excluding carboxylic acids is 1. The van der Waals surface area contributed by atoms with Gasteiger partial charge in [0.25, 0.3) is 0 Å². The van der Waals surface area contributed by atoms with Gasteiger partial charge in [0.2, 0.25) is 0 Å². The molecular formula is C15H14O5. The quantitative estimate of drug-likeness (QED) is 0.682. The fourth-order valence-corrected chi connectivity index (χ4v) is 1.91. The van der Waals surface area contributed by atoms with Gasteiger partial charge in [0, 0.05) is 30.5 Å². The number of ketones is 1. The minimum absolute atomic E-state index is 0.0894. The molecule has 0 unspecified atom stereocenters. The summed E-state index contributed by atoms with van der Waals surface area (Å²) in [6.45, 7) is 0. The molecule has 0 aromatic heterocycles. The number of aromatic hydroxyl groups is 4. The van der Waals surface area contributed by atoms with Crippen molar-refractivity contribution in [2.45, 2.75) is 12.8 Å². The Bertz CT molecular complexity index is 608. The summed E-state index contributed by atoms with van der Waals surface area (Å²) in [6, 6.07) is 8.37. The second-order valence-electron chi connectivity index (χ2n) is 4.52. The smallest absolute Gasteiger partial charge is 0.141 e. The van der Waals surface area contributed by atoms with E-state index < -0.39 is 0 Å². The first kappa shape index (κ1) is 13.7. The second kappa shape index (κ2) is 5.52. The highest BCUT2D eigenvalue weighted by molar-refractivity contribution is 5.84. The predicted octanol–water partition coefficient (Wildman–Crippen LogP) is 1.86. The van der Waals surface area contributed by atoms with Crippen LogP contribution in [-0.2, 0) is 17.6 Å². The molecule has 0 aliphatic carbocycles. The molecule has 0 aliphatic rings. The van der Waals surface area contributed by atoms with Crippen molar-refractivity contribution in [1.82, 2.24) is 0 Å². The molecule has 20 heavy (non-hydrogen) atoms. The van der Waals surface area contributed by atoms with E-state index in [2.05, 4.69) is 0 Å². The largest absolute Gasteiger partial charge is 0.508 e. The van der Waals surface area contributed by atoms with Gasteiger partial charge >= 0.3 is 0 Å². The van der Waals surface area contributed by atoms with Gasteiger partial charge in [-0.1, -0.05) is 12.1 Å². The highest BCUT2D eigenvalue weighted by Crippen LogP contribution is 2.32. The van der Waals surface area contributed by atoms with E-state index >= 15 is 0 Å². The molecule has 2 aromatic carbocycles. The van der Waals surface area contributed by atoms with Crippen molar-refractivity contribution >= 4 is 5.78 Å². The lowest BCUT2D eigenvalue weighted by Gasteiger charge is -2.07. The van der Waals surface area contributed by atoms with Crippen LogP contribution in [-0.4, -0.2) is 26.2 Å². The Kier molecular flexibility index (Phi) is 3.79. The summed E-state index contributed by atoms with van der Waals surface area (Å²) >= 11 is 0. The standard InChI is InChI=1S/C15H14O5/c16-10-3-1-9(2-4-10)5-11(17)6-13-14(19)7-12(18)8-15(13)20/h1-4,7-8,16,18-20H,5-6H2. The highest BCUT2D eigenvalue weighted by Gasteiger charge is 2.14. The molecule has 0 fully saturated rings. The number of Topliss-reactive ketones (excluding diaryl/α,β-unsaturated/α-hetero) is 1. The van der Waals surface area contributed by atoms with Crippen LogP contribution < -0.4 is 0 Å². The van der Waals surface area contributed by atoms with Crippen LogP contribution in [0.3, 0.4) is 0 Å². The molecule has 0 radical (unpaired) electrons. The lowest BCUT2D eigenvalue weighted by Crippen LogP contribution is -2.07. The molecule has 5 nitrogen and oxygen atoms in total. The lowest BCUT2D eigenvalue weighted by molar-refractivity contribution is -0.117. The Hall–Kier alpha value is -2.69. The number of rotatable bonds is 4. The number of hydrogen-bond acceptors (Lipinski definition) is 5. The van der Waals surface area contributed by atoms with E-state index in [9.17, 15) is 20.1 Å². The normalized spacial score (nSPS) is 10.4. The van der Waals surface area contributed by atoms with Crippen molar-refractivity contribution in [3.8, 4) is 23.0 Å². The van der Waals surface area contributed by atoms with E-state index in [0.717, 1.165) is 17.7 Å². The summed E-state index contributed by atoms with van der Waals surface area (Å²) in [5, 5.41) is 37.6. The molecule has 5 heteroatoms. The summed E-state index contributed by atoms with van der Waals surface area (Å²) in [5.74, 6) is -0.986. The summed E-state index contributed by atoms with van der Waals surface area (Å²) in [5.41, 5.74) is 0.817. The lowest BCUT2D eigenvalue weighted by atomic mass is 10.0. The molecule has 0 saturated carbocycles. The molecule has 0 aliphatic heterocycles. The topological polar surface area (TPSA) is 98.0 Å². The molecule has 4 N–H and O–H groups in total. The number of phenols is 4. The zero-order valence-corrected chi connectivity index (χ0v) is 10.6. The van der Waals surface area contributed by atoms with Crippen LogP contribution >= 0.6 is 0 Å². The average Bonchev–Trinajstić information content (AvgIpc) is 2.36. The van der Waals surface area contributed by atoms with E-state index in [1.165, 1.54) is 12.1 Å². The molecule has 0 spiro atoms. The van der Waals surface area contributed by atoms with E-state index in [0.29, 0.717) is 0 Å². The summed E-state index contributed by atoms with van der Waals surface area (Å²) in [4.78, 5) is 11.9. The van der Waals surface area contributed by atoms with Crippen molar-refractivity contribution in [2.24, 2.45) is 0 Å². The first-order chi connectivity index (χ1) is 9.45. The fraction of sp³-hybridized carbons (Fsp3) is 0.133. The minimum atomic E-state index is -0.318. The van der Waals surface area contributed by atoms with Gasteiger partial charge in [0.05, 0.1) is 0 Å². The van der Waals surface area contributed by atoms with E-state index in [1.54, 1.807) is 12.1 Å². The van der Waals surface area contributed by atoms with Gasteiger partial charge in [-0.2, -0.15) is 0 Å². The maximum Gasteiger partial charge on any atom is 0.141 e. The minimum Gasteiger partial charge on any atom is -0.508 e. The van der Waals surface area contributed by atoms with Crippen LogP contribution in [0.1, 0.15) is 11.1 Å². The van der Waals surface area contributed by atoms with Crippen molar-refractivity contribution in [3.05, 3.63) is 47.5 Å². The maximum atomic E-state index is 11.9. The molecule has 0 amide bonds. The van der Waals surface area contributed by atoms with Gasteiger partial charge in [0.1, 0.15) is 28.8 Å². The maximum absolute atomic E-state index is 11.9. The molecule has 2 rings (SSSR count). The zero-order chi connectivity index (χ0) is 14.7. The Morgan fingerprint density at radius 3 is 1.90 bits per heavy atom. The van der Waals surface area contributed by atoms with Gasteiger partial charge < -0.3 is 20.4 Å². The highest BCUT2D eigenvalue weighted by atomic mass is 16.3. The van der Waals surface area contributed by atoms with Crippen LogP contribution in [0.4, 0.5) is 0 Å². The third-order valence-corrected chi connectivity index (χ3v) is 2.90. The number of phenolic OH excluding ortho intramolecular Hbond substituents is 4. The van der Waals surface area contributed by atoms with Gasteiger partial charge in [-0.25, -0.2) is 0 Å². The zero-order valence-electron chi connectivity index (χ0n) is 10.6. The van der Waals surface area contributed by atoms with Gasteiger partial charge in [-0.3, -0.25) is 4.79 Å². The van der Waals surface area contributed by atoms with Crippen molar-refractivity contribution in [1.29, 1.82) is 0 Å². The Labute approximate surface area is 115 Å². The van der Waals surface area contributed by atoms with E-state index in [4.69, 9.17) is 5.11 Å². The fourth-order valence-electron chi connectivity index (χ4n) is 1.91. The van der Waals surface area contributed by atoms with Gasteiger partial charge in [-0.05, 0) is 17.7 Å². The van der Waals surface area contributed by atoms with Crippen LogP contribution in [0.5, 0.6) is 23.0 Å². The van der Waals surface area contributed by atoms with Crippen molar-refractivity contribution < 1.29 is 25.2 Å². The van der Waals surface area contributed by atoms with Crippen molar-refractivity contribution in [2.75, 3.05) is 0 Å². The summed E-state index contributed by atoms with van der Waals surface area (Å²) < 4.78 is 0. The first-order valence-electron chi connectivity index (χ1n) is 5.99. The van der Waals surface area contributed by atoms with Gasteiger partial charge in [-0.15, -0.1) is 0 Å². The predicted molar refractivity (Wildman–Crippen MR) is 72.0 cm³/mol. The van der Waals surface area contributed by atoms with Crippen molar-refractivity contribution in [3.63, 3.8) is 0 Å². The van der Waals surface area contributed by atoms with E-state index in [-0.39, 0.29) is 47.2 Å². The third kappa shape index (κ3) is 3.20. The summed E-state index contributed by atoms with van der Waals surface area (Å²) in [6.07, 6.45) is -0.0150. The number of hydrogen-bond donors (Lipinski definition) is 4. The Balaban J connectivity index is 2.10. The summed E-state index contributed by atoms with van der Waals surface area (Å²) in [7, 11) is 0. The van der Waals surface area contributed by atoms with Crippen LogP contribution in [0.15, 0.2) is 36.4 Å². The molecule has 104 valence electrons. The van der Waals surface area contributed by atoms with E-state index in [1.807, 2.05) is 0 Å². The van der Waals surface area contributed by atoms with Crippen LogP contribution in [0, 0.1) is 0 Å².